The van der Waals surface area contributed by atoms with Crippen LogP contribution in [0.25, 0.3) is 11.6 Å². The summed E-state index contributed by atoms with van der Waals surface area (Å²) in [5.74, 6) is 3.54. The molecule has 120 valence electrons. The predicted octanol–water partition coefficient (Wildman–Crippen LogP) is 4.58. The van der Waals surface area contributed by atoms with Crippen molar-refractivity contribution in [2.45, 2.75) is 23.9 Å². The molecule has 0 saturated heterocycles. The lowest BCUT2D eigenvalue weighted by Crippen LogP contribution is -1.95. The van der Waals surface area contributed by atoms with E-state index in [4.69, 9.17) is 4.42 Å². The monoisotopic (exact) mass is 345 g/mol. The largest absolute Gasteiger partial charge is 0.461 e. The van der Waals surface area contributed by atoms with Crippen molar-refractivity contribution in [2.75, 3.05) is 11.5 Å². The highest BCUT2D eigenvalue weighted by molar-refractivity contribution is 8.02. The van der Waals surface area contributed by atoms with Crippen molar-refractivity contribution in [3.05, 3.63) is 47.7 Å². The second-order valence-electron chi connectivity index (χ2n) is 5.29. The van der Waals surface area contributed by atoms with Gasteiger partial charge in [-0.15, -0.1) is 22.0 Å². The fourth-order valence-corrected chi connectivity index (χ4v) is 4.05. The summed E-state index contributed by atoms with van der Waals surface area (Å²) in [6, 6.07) is 10.4. The van der Waals surface area contributed by atoms with Crippen LogP contribution < -0.4 is 0 Å². The quantitative estimate of drug-likeness (QED) is 0.483. The van der Waals surface area contributed by atoms with Gasteiger partial charge in [0, 0.05) is 23.4 Å². The normalized spacial score (nSPS) is 11.1. The molecule has 6 heteroatoms. The molecule has 0 amide bonds. The molecule has 0 bridgehead atoms. The van der Waals surface area contributed by atoms with Gasteiger partial charge in [-0.05, 0) is 49.2 Å². The predicted molar refractivity (Wildman–Crippen MR) is 96.1 cm³/mol. The zero-order valence-electron chi connectivity index (χ0n) is 13.4. The number of hydrogen-bond acceptors (Lipinski definition) is 5. The molecule has 4 nitrogen and oxygen atoms in total. The van der Waals surface area contributed by atoms with E-state index >= 15 is 0 Å². The van der Waals surface area contributed by atoms with Crippen LogP contribution in [-0.2, 0) is 7.05 Å². The summed E-state index contributed by atoms with van der Waals surface area (Å²) in [4.78, 5) is 1.32. The molecule has 0 spiro atoms. The molecule has 23 heavy (non-hydrogen) atoms. The van der Waals surface area contributed by atoms with Gasteiger partial charge in [-0.3, -0.25) is 0 Å². The van der Waals surface area contributed by atoms with E-state index in [9.17, 15) is 0 Å². The third kappa shape index (κ3) is 3.82. The molecule has 0 radical (unpaired) electrons. The first-order valence-corrected chi connectivity index (χ1v) is 9.38. The molecule has 0 fully saturated rings. The summed E-state index contributed by atoms with van der Waals surface area (Å²) in [5, 5.41) is 9.37. The van der Waals surface area contributed by atoms with Crippen LogP contribution >= 0.6 is 23.5 Å². The smallest absolute Gasteiger partial charge is 0.200 e. The molecule has 0 aliphatic rings. The van der Waals surface area contributed by atoms with Crippen molar-refractivity contribution in [3.8, 4) is 11.6 Å². The summed E-state index contributed by atoms with van der Waals surface area (Å²) >= 11 is 3.59. The molecule has 1 aromatic carbocycles. The molecule has 0 aliphatic carbocycles. The number of furan rings is 1. The minimum Gasteiger partial charge on any atom is -0.461 e. The van der Waals surface area contributed by atoms with Gasteiger partial charge in [0.05, 0.1) is 6.26 Å². The lowest BCUT2D eigenvalue weighted by Gasteiger charge is -2.05. The molecule has 3 rings (SSSR count). The molecule has 0 atom stereocenters. The first-order chi connectivity index (χ1) is 11.1. The van der Waals surface area contributed by atoms with Gasteiger partial charge in [-0.2, -0.15) is 0 Å². The maximum absolute atomic E-state index is 5.38. The van der Waals surface area contributed by atoms with Gasteiger partial charge in [0.15, 0.2) is 16.7 Å². The van der Waals surface area contributed by atoms with Crippen molar-refractivity contribution in [3.63, 3.8) is 0 Å². The van der Waals surface area contributed by atoms with Gasteiger partial charge in [0.2, 0.25) is 0 Å². The molecule has 3 aromatic rings. The molecule has 0 saturated carbocycles. The van der Waals surface area contributed by atoms with E-state index in [-0.39, 0.29) is 0 Å². The lowest BCUT2D eigenvalue weighted by atomic mass is 10.1. The third-order valence-electron chi connectivity index (χ3n) is 3.64. The summed E-state index contributed by atoms with van der Waals surface area (Å²) in [6.07, 6.45) is 1.65. The van der Waals surface area contributed by atoms with Crippen molar-refractivity contribution >= 4 is 23.5 Å². The lowest BCUT2D eigenvalue weighted by molar-refractivity contribution is 0.572. The van der Waals surface area contributed by atoms with E-state index in [1.165, 1.54) is 16.0 Å². The van der Waals surface area contributed by atoms with Crippen LogP contribution in [0, 0.1) is 13.8 Å². The molecule has 0 aliphatic heterocycles. The van der Waals surface area contributed by atoms with E-state index in [1.807, 2.05) is 35.5 Å². The van der Waals surface area contributed by atoms with Crippen LogP contribution in [0.1, 0.15) is 11.1 Å². The van der Waals surface area contributed by atoms with Gasteiger partial charge in [0.25, 0.3) is 0 Å². The maximum atomic E-state index is 5.38. The highest BCUT2D eigenvalue weighted by atomic mass is 32.2. The van der Waals surface area contributed by atoms with Crippen molar-refractivity contribution < 1.29 is 4.42 Å². The zero-order chi connectivity index (χ0) is 16.2. The van der Waals surface area contributed by atoms with Gasteiger partial charge in [0.1, 0.15) is 0 Å². The van der Waals surface area contributed by atoms with E-state index < -0.39 is 0 Å². The van der Waals surface area contributed by atoms with Crippen molar-refractivity contribution in [1.82, 2.24) is 14.8 Å². The number of nitrogens with zero attached hydrogens (tertiary/aromatic N) is 3. The first-order valence-electron chi connectivity index (χ1n) is 7.41. The fraction of sp³-hybridized carbons (Fsp3) is 0.294. The van der Waals surface area contributed by atoms with E-state index in [0.717, 1.165) is 28.2 Å². The highest BCUT2D eigenvalue weighted by Gasteiger charge is 2.12. The van der Waals surface area contributed by atoms with Crippen LogP contribution in [0.2, 0.25) is 0 Å². The van der Waals surface area contributed by atoms with Gasteiger partial charge in [-0.1, -0.05) is 17.8 Å². The Morgan fingerprint density at radius 2 is 1.87 bits per heavy atom. The Morgan fingerprint density at radius 1 is 1.04 bits per heavy atom. The molecular formula is C17H19N3OS2. The number of benzene rings is 1. The topological polar surface area (TPSA) is 43.9 Å². The molecule has 0 N–H and O–H groups in total. The fourth-order valence-electron chi connectivity index (χ4n) is 2.16. The minimum absolute atomic E-state index is 0.747. The second-order valence-corrected chi connectivity index (χ2v) is 7.52. The number of aromatic nitrogens is 3. The molecular weight excluding hydrogens is 326 g/mol. The van der Waals surface area contributed by atoms with E-state index in [2.05, 4.69) is 42.2 Å². The van der Waals surface area contributed by atoms with Crippen LogP contribution in [0.15, 0.2) is 51.1 Å². The van der Waals surface area contributed by atoms with Gasteiger partial charge >= 0.3 is 0 Å². The Balaban J connectivity index is 1.54. The Hall–Kier alpha value is -1.66. The highest BCUT2D eigenvalue weighted by Crippen LogP contribution is 2.26. The van der Waals surface area contributed by atoms with Gasteiger partial charge in [-0.25, -0.2) is 0 Å². The van der Waals surface area contributed by atoms with E-state index in [1.54, 1.807) is 18.0 Å². The number of aryl methyl sites for hydroxylation is 2. The average Bonchev–Trinajstić information content (AvgIpc) is 3.17. The summed E-state index contributed by atoms with van der Waals surface area (Å²) in [6.45, 7) is 4.30. The number of hydrogen-bond donors (Lipinski definition) is 0. The van der Waals surface area contributed by atoms with Crippen LogP contribution in [0.5, 0.6) is 0 Å². The number of rotatable bonds is 6. The third-order valence-corrected chi connectivity index (χ3v) is 5.91. The Kier molecular flexibility index (Phi) is 5.13. The Bertz CT molecular complexity index is 781. The summed E-state index contributed by atoms with van der Waals surface area (Å²) < 4.78 is 7.36. The zero-order valence-corrected chi connectivity index (χ0v) is 15.1. The van der Waals surface area contributed by atoms with Crippen molar-refractivity contribution in [1.29, 1.82) is 0 Å². The van der Waals surface area contributed by atoms with Crippen LogP contribution in [0.3, 0.4) is 0 Å². The average molecular weight is 345 g/mol. The summed E-state index contributed by atoms with van der Waals surface area (Å²) in [7, 11) is 1.97. The van der Waals surface area contributed by atoms with Crippen molar-refractivity contribution in [2.24, 2.45) is 7.05 Å². The molecule has 2 aromatic heterocycles. The van der Waals surface area contributed by atoms with Gasteiger partial charge < -0.3 is 8.98 Å². The SMILES string of the molecule is Cc1ccc(SCCSc2nnc(-c3ccco3)n2C)cc1C. The standard InChI is InChI=1S/C17H19N3OS2/c1-12-6-7-14(11-13(12)2)22-9-10-23-17-19-18-16(20(17)3)15-5-4-8-21-15/h4-8,11H,9-10H2,1-3H3. The van der Waals surface area contributed by atoms with Crippen LogP contribution in [-0.4, -0.2) is 26.3 Å². The molecule has 2 heterocycles. The maximum Gasteiger partial charge on any atom is 0.200 e. The first kappa shape index (κ1) is 16.2. The number of thioether (sulfide) groups is 2. The Morgan fingerprint density at radius 3 is 2.61 bits per heavy atom. The Labute approximate surface area is 144 Å². The summed E-state index contributed by atoms with van der Waals surface area (Å²) in [5.41, 5.74) is 2.69. The second kappa shape index (κ2) is 7.27. The van der Waals surface area contributed by atoms with E-state index in [0.29, 0.717) is 0 Å². The van der Waals surface area contributed by atoms with Crippen LogP contribution in [0.4, 0.5) is 0 Å². The minimum atomic E-state index is 0.747. The molecule has 0 unspecified atom stereocenters.